The molecular weight excluding hydrogens is 281 g/mol. The van der Waals surface area contributed by atoms with Crippen molar-refractivity contribution in [3.63, 3.8) is 0 Å². The highest BCUT2D eigenvalue weighted by Gasteiger charge is 2.40. The summed E-state index contributed by atoms with van der Waals surface area (Å²) < 4.78 is 39.6. The van der Waals surface area contributed by atoms with Crippen molar-refractivity contribution in [1.82, 2.24) is 14.5 Å². The molecule has 1 aromatic rings. The zero-order valence-electron chi connectivity index (χ0n) is 11.1. The third-order valence-electron chi connectivity index (χ3n) is 3.95. The molecule has 2 fully saturated rings. The Morgan fingerprint density at radius 1 is 1.15 bits per heavy atom. The molecule has 5 nitrogen and oxygen atoms in total. The molecule has 0 radical (unpaired) electrons. The van der Waals surface area contributed by atoms with E-state index < -0.39 is 15.8 Å². The molecule has 0 unspecified atom stereocenters. The second kappa shape index (κ2) is 5.40. The lowest BCUT2D eigenvalue weighted by atomic mass is 10.1. The Morgan fingerprint density at radius 3 is 2.45 bits per heavy atom. The molecule has 2 saturated heterocycles. The van der Waals surface area contributed by atoms with Crippen molar-refractivity contribution in [2.24, 2.45) is 0 Å². The number of hydrogen-bond donors (Lipinski definition) is 1. The average Bonchev–Trinajstić information content (AvgIpc) is 2.38. The summed E-state index contributed by atoms with van der Waals surface area (Å²) in [5, 5.41) is 3.27. The van der Waals surface area contributed by atoms with Crippen LogP contribution in [0.2, 0.25) is 0 Å². The first-order chi connectivity index (χ1) is 9.59. The third kappa shape index (κ3) is 2.46. The fraction of sp³-hybridized carbons (Fsp3) is 0.538. The maximum absolute atomic E-state index is 13.6. The van der Waals surface area contributed by atoms with Crippen LogP contribution in [-0.2, 0) is 10.0 Å². The van der Waals surface area contributed by atoms with E-state index in [1.54, 1.807) is 6.07 Å². The molecule has 0 atom stereocenters. The first-order valence-corrected chi connectivity index (χ1v) is 8.22. The molecule has 7 heteroatoms. The van der Waals surface area contributed by atoms with E-state index in [-0.39, 0.29) is 10.9 Å². The van der Waals surface area contributed by atoms with Crippen molar-refractivity contribution < 1.29 is 12.8 Å². The quantitative estimate of drug-likeness (QED) is 0.860. The Labute approximate surface area is 118 Å². The van der Waals surface area contributed by atoms with Gasteiger partial charge < -0.3 is 5.32 Å². The molecule has 0 bridgehead atoms. The normalized spacial score (nSPS) is 22.6. The lowest BCUT2D eigenvalue weighted by Gasteiger charge is -2.45. The van der Waals surface area contributed by atoms with Crippen LogP contribution in [0.15, 0.2) is 29.2 Å². The summed E-state index contributed by atoms with van der Waals surface area (Å²) in [4.78, 5) is 2.07. The number of nitrogens with zero attached hydrogens (tertiary/aromatic N) is 2. The minimum atomic E-state index is -3.69. The Balaban J connectivity index is 1.68. The molecule has 110 valence electrons. The molecule has 1 N–H and O–H groups in total. The van der Waals surface area contributed by atoms with Crippen LogP contribution in [-0.4, -0.2) is 62.9 Å². The van der Waals surface area contributed by atoms with Gasteiger partial charge in [-0.15, -0.1) is 0 Å². The van der Waals surface area contributed by atoms with Gasteiger partial charge in [-0.25, -0.2) is 12.8 Å². The van der Waals surface area contributed by atoms with E-state index in [4.69, 9.17) is 0 Å². The molecule has 2 aliphatic heterocycles. The number of rotatable bonds is 3. The number of benzene rings is 1. The largest absolute Gasteiger partial charge is 0.314 e. The Morgan fingerprint density at radius 2 is 1.80 bits per heavy atom. The van der Waals surface area contributed by atoms with E-state index in [0.29, 0.717) is 13.1 Å². The highest BCUT2D eigenvalue weighted by atomic mass is 32.2. The lowest BCUT2D eigenvalue weighted by molar-refractivity contribution is 0.0772. The summed E-state index contributed by atoms with van der Waals surface area (Å²) in [6, 6.07) is 5.81. The highest BCUT2D eigenvalue weighted by Crippen LogP contribution is 2.25. The van der Waals surface area contributed by atoms with Gasteiger partial charge in [0.05, 0.1) is 0 Å². The van der Waals surface area contributed by atoms with Crippen LogP contribution in [0.25, 0.3) is 0 Å². The molecule has 0 spiro atoms. The summed E-state index contributed by atoms with van der Waals surface area (Å²) >= 11 is 0. The number of sulfonamides is 1. The Bertz CT molecular complexity index is 581. The second-order valence-electron chi connectivity index (χ2n) is 5.19. The number of hydrogen-bond acceptors (Lipinski definition) is 4. The Hall–Kier alpha value is -1.02. The van der Waals surface area contributed by atoms with E-state index in [1.807, 2.05) is 0 Å². The van der Waals surface area contributed by atoms with Gasteiger partial charge in [-0.1, -0.05) is 12.1 Å². The molecule has 0 aliphatic carbocycles. The summed E-state index contributed by atoms with van der Waals surface area (Å²) in [5.41, 5.74) is 0. The fourth-order valence-electron chi connectivity index (χ4n) is 2.68. The van der Waals surface area contributed by atoms with Gasteiger partial charge in [0.1, 0.15) is 10.7 Å². The van der Waals surface area contributed by atoms with Crippen molar-refractivity contribution in [3.05, 3.63) is 30.1 Å². The fourth-order valence-corrected chi connectivity index (χ4v) is 4.26. The van der Waals surface area contributed by atoms with E-state index in [9.17, 15) is 12.8 Å². The predicted octanol–water partition coefficient (Wildman–Crippen LogP) is 0.104. The van der Waals surface area contributed by atoms with Crippen molar-refractivity contribution >= 4 is 10.0 Å². The lowest BCUT2D eigenvalue weighted by Crippen LogP contribution is -2.63. The van der Waals surface area contributed by atoms with Crippen LogP contribution < -0.4 is 5.32 Å². The summed E-state index contributed by atoms with van der Waals surface area (Å²) in [5.74, 6) is -0.682. The number of halogens is 1. The molecule has 0 amide bonds. The van der Waals surface area contributed by atoms with Crippen LogP contribution in [0.4, 0.5) is 4.39 Å². The van der Waals surface area contributed by atoms with E-state index >= 15 is 0 Å². The first kappa shape index (κ1) is 13.9. The van der Waals surface area contributed by atoms with Gasteiger partial charge in [0.25, 0.3) is 0 Å². The predicted molar refractivity (Wildman–Crippen MR) is 73.4 cm³/mol. The maximum atomic E-state index is 13.6. The molecule has 0 saturated carbocycles. The maximum Gasteiger partial charge on any atom is 0.246 e. The van der Waals surface area contributed by atoms with Crippen molar-refractivity contribution in [2.75, 3.05) is 39.3 Å². The average molecular weight is 299 g/mol. The molecule has 2 aliphatic rings. The van der Waals surface area contributed by atoms with Crippen LogP contribution in [0.5, 0.6) is 0 Å². The molecule has 0 aromatic heterocycles. The zero-order valence-corrected chi connectivity index (χ0v) is 11.9. The van der Waals surface area contributed by atoms with Gasteiger partial charge in [-0.3, -0.25) is 4.90 Å². The van der Waals surface area contributed by atoms with Gasteiger partial charge in [-0.2, -0.15) is 4.31 Å². The van der Waals surface area contributed by atoms with E-state index in [2.05, 4.69) is 10.2 Å². The molecule has 1 aromatic carbocycles. The van der Waals surface area contributed by atoms with Crippen molar-refractivity contribution in [3.8, 4) is 0 Å². The first-order valence-electron chi connectivity index (χ1n) is 6.78. The van der Waals surface area contributed by atoms with Gasteiger partial charge in [0.2, 0.25) is 10.0 Å². The molecule has 2 heterocycles. The summed E-state index contributed by atoms with van der Waals surface area (Å²) in [6.07, 6.45) is 0. The summed E-state index contributed by atoms with van der Waals surface area (Å²) in [7, 11) is -3.69. The minimum Gasteiger partial charge on any atom is -0.314 e. The van der Waals surface area contributed by atoms with Crippen LogP contribution in [0.3, 0.4) is 0 Å². The standard InChI is InChI=1S/C13H18FN3O2S/c14-12-3-1-2-4-13(12)20(18,19)17-9-11(10-17)16-7-5-15-6-8-16/h1-4,11,15H,5-10H2. The zero-order chi connectivity index (χ0) is 14.2. The smallest absolute Gasteiger partial charge is 0.246 e. The Kier molecular flexibility index (Phi) is 3.76. The van der Waals surface area contributed by atoms with Gasteiger partial charge >= 0.3 is 0 Å². The second-order valence-corrected chi connectivity index (χ2v) is 7.10. The van der Waals surface area contributed by atoms with Crippen LogP contribution >= 0.6 is 0 Å². The third-order valence-corrected chi connectivity index (χ3v) is 5.82. The minimum absolute atomic E-state index is 0.223. The summed E-state index contributed by atoms with van der Waals surface area (Å²) in [6.45, 7) is 4.68. The van der Waals surface area contributed by atoms with E-state index in [1.165, 1.54) is 22.5 Å². The van der Waals surface area contributed by atoms with Gasteiger partial charge in [0.15, 0.2) is 0 Å². The molecule has 20 heavy (non-hydrogen) atoms. The molecular formula is C13H18FN3O2S. The van der Waals surface area contributed by atoms with E-state index in [0.717, 1.165) is 26.2 Å². The van der Waals surface area contributed by atoms with Crippen molar-refractivity contribution in [2.45, 2.75) is 10.9 Å². The number of piperazine rings is 1. The van der Waals surface area contributed by atoms with Gasteiger partial charge in [-0.05, 0) is 12.1 Å². The number of nitrogens with one attached hydrogen (secondary N) is 1. The SMILES string of the molecule is O=S(=O)(c1ccccc1F)N1CC(N2CCNCC2)C1. The topological polar surface area (TPSA) is 52.7 Å². The monoisotopic (exact) mass is 299 g/mol. The van der Waals surface area contributed by atoms with Crippen LogP contribution in [0.1, 0.15) is 0 Å². The molecule has 3 rings (SSSR count). The van der Waals surface area contributed by atoms with Crippen molar-refractivity contribution in [1.29, 1.82) is 0 Å². The van der Waals surface area contributed by atoms with Crippen LogP contribution in [0, 0.1) is 5.82 Å². The highest BCUT2D eigenvalue weighted by molar-refractivity contribution is 7.89. The van der Waals surface area contributed by atoms with Gasteiger partial charge in [0, 0.05) is 45.3 Å².